The van der Waals surface area contributed by atoms with Crippen molar-refractivity contribution in [2.24, 2.45) is 5.92 Å². The summed E-state index contributed by atoms with van der Waals surface area (Å²) >= 11 is 0. The number of piperazine rings is 1. The molecule has 4 amide bonds. The molecule has 1 aromatic carbocycles. The van der Waals surface area contributed by atoms with Crippen molar-refractivity contribution < 1.29 is 33.0 Å². The number of piperidine rings is 2. The first-order chi connectivity index (χ1) is 29.4. The Labute approximate surface area is 355 Å². The van der Waals surface area contributed by atoms with Crippen molar-refractivity contribution in [3.8, 4) is 11.5 Å². The number of hydrogen-bond donors (Lipinski definition) is 4. The number of likely N-dealkylation sites (N-methyl/N-ethyl adjacent to an activating group) is 1. The van der Waals surface area contributed by atoms with E-state index in [9.17, 15) is 19.2 Å². The van der Waals surface area contributed by atoms with E-state index in [0.717, 1.165) is 52.0 Å². The summed E-state index contributed by atoms with van der Waals surface area (Å²) in [6.07, 6.45) is 7.28. The minimum Gasteiger partial charge on any atom is -0.495 e. The van der Waals surface area contributed by atoms with E-state index in [1.807, 2.05) is 35.6 Å². The van der Waals surface area contributed by atoms with Gasteiger partial charge in [0.05, 0.1) is 38.0 Å². The number of hydrogen-bond acceptors (Lipinski definition) is 15. The van der Waals surface area contributed by atoms with Crippen molar-refractivity contribution in [2.45, 2.75) is 77.4 Å². The van der Waals surface area contributed by atoms with Crippen LogP contribution in [0.1, 0.15) is 69.8 Å². The number of benzene rings is 1. The number of imide groups is 1. The van der Waals surface area contributed by atoms with Gasteiger partial charge in [0.15, 0.2) is 5.82 Å². The zero-order valence-corrected chi connectivity index (χ0v) is 35.8. The molecular formula is C42H57FN12O6. The molecule has 0 radical (unpaired) electrons. The van der Waals surface area contributed by atoms with Crippen LogP contribution in [0.3, 0.4) is 0 Å². The predicted molar refractivity (Wildman–Crippen MR) is 229 cm³/mol. The minimum absolute atomic E-state index is 0.00648. The lowest BCUT2D eigenvalue weighted by molar-refractivity contribution is -0.133. The number of ether oxygens (including phenoxy) is 2. The molecule has 0 aliphatic carbocycles. The number of pyridine rings is 1. The molecule has 0 bridgehead atoms. The van der Waals surface area contributed by atoms with Gasteiger partial charge in [-0.2, -0.15) is 4.98 Å². The van der Waals surface area contributed by atoms with Crippen molar-refractivity contribution in [1.82, 2.24) is 35.6 Å². The highest BCUT2D eigenvalue weighted by Gasteiger charge is 2.38. The Hall–Kier alpha value is -5.82. The fourth-order valence-electron chi connectivity index (χ4n) is 8.58. The van der Waals surface area contributed by atoms with Crippen molar-refractivity contribution in [1.29, 1.82) is 0 Å². The number of amides is 4. The first kappa shape index (κ1) is 43.3. The van der Waals surface area contributed by atoms with E-state index in [0.29, 0.717) is 77.9 Å². The van der Waals surface area contributed by atoms with Crippen molar-refractivity contribution >= 4 is 58.1 Å². The van der Waals surface area contributed by atoms with Gasteiger partial charge in [0.2, 0.25) is 23.7 Å². The zero-order chi connectivity index (χ0) is 43.4. The Morgan fingerprint density at radius 1 is 0.934 bits per heavy atom. The Bertz CT molecular complexity index is 2110. The van der Waals surface area contributed by atoms with Gasteiger partial charge in [0.1, 0.15) is 46.5 Å². The summed E-state index contributed by atoms with van der Waals surface area (Å²) in [4.78, 5) is 71.9. The molecule has 2 aromatic heterocycles. The fraction of sp³-hybridized carbons (Fsp3) is 0.548. The van der Waals surface area contributed by atoms with Crippen LogP contribution in [0.2, 0.25) is 0 Å². The Morgan fingerprint density at radius 2 is 1.66 bits per heavy atom. The first-order valence-corrected chi connectivity index (χ1v) is 21.1. The maximum Gasteiger partial charge on any atom is 0.284 e. The number of aromatic nitrogens is 3. The summed E-state index contributed by atoms with van der Waals surface area (Å²) in [5.74, 6) is 0.868. The quantitative estimate of drug-likeness (QED) is 0.173. The number of nitrogens with zero attached hydrogens (tertiary/aromatic N) is 8. The number of methoxy groups -OCH3 is 2. The number of anilines is 6. The van der Waals surface area contributed by atoms with Crippen LogP contribution in [0.15, 0.2) is 30.6 Å². The molecule has 61 heavy (non-hydrogen) atoms. The zero-order valence-electron chi connectivity index (χ0n) is 35.8. The summed E-state index contributed by atoms with van der Waals surface area (Å²) in [6.45, 7) is 11.4. The van der Waals surface area contributed by atoms with Gasteiger partial charge in [0, 0.05) is 77.0 Å². The number of nitrogens with one attached hydrogen (secondary N) is 4. The topological polar surface area (TPSA) is 190 Å². The number of carbonyl (C=O) groups excluding carboxylic acids is 4. The Kier molecular flexibility index (Phi) is 13.4. The first-order valence-electron chi connectivity index (χ1n) is 21.1. The van der Waals surface area contributed by atoms with E-state index < -0.39 is 17.8 Å². The van der Waals surface area contributed by atoms with E-state index in [2.05, 4.69) is 36.2 Å². The average molecular weight is 845 g/mol. The van der Waals surface area contributed by atoms with Gasteiger partial charge in [-0.15, -0.1) is 0 Å². The van der Waals surface area contributed by atoms with Gasteiger partial charge >= 0.3 is 0 Å². The van der Waals surface area contributed by atoms with E-state index in [1.165, 1.54) is 26.5 Å². The van der Waals surface area contributed by atoms with Gasteiger partial charge in [0.25, 0.3) is 5.91 Å². The third-order valence-electron chi connectivity index (χ3n) is 12.1. The van der Waals surface area contributed by atoms with Crippen LogP contribution in [0, 0.1) is 11.7 Å². The van der Waals surface area contributed by atoms with Crippen LogP contribution in [-0.2, 0) is 14.4 Å². The van der Waals surface area contributed by atoms with E-state index in [4.69, 9.17) is 14.5 Å². The third kappa shape index (κ3) is 9.57. The van der Waals surface area contributed by atoms with Gasteiger partial charge in [-0.1, -0.05) is 6.92 Å². The number of rotatable bonds is 14. The molecule has 6 heterocycles. The van der Waals surface area contributed by atoms with Crippen LogP contribution in [0.25, 0.3) is 0 Å². The maximum atomic E-state index is 15.4. The van der Waals surface area contributed by atoms with Gasteiger partial charge in [-0.05, 0) is 58.4 Å². The van der Waals surface area contributed by atoms with E-state index >= 15 is 4.39 Å². The van der Waals surface area contributed by atoms with E-state index in [-0.39, 0.29) is 41.9 Å². The summed E-state index contributed by atoms with van der Waals surface area (Å²) in [7, 11) is 4.77. The number of halogens is 1. The molecule has 0 spiro atoms. The molecule has 19 heteroatoms. The lowest BCUT2D eigenvalue weighted by Gasteiger charge is -2.42. The standard InChI is InChI=1S/C42H57FN12O6/c1-7-32-41(59)51(4)34-24-45-42(49-38(34)55(32)25(2)3)47-31-23-44-30(21-35(31)60-5)40(58)50-54-14-11-26(12-15-54)10-13-52-16-18-53(19-17-52)33-22-36(61-6)29(20-27(33)43)46-28-8-9-37(56)48-39(28)57/h20-26,28,32,46H,7-19H2,1-6H3,(H,50,58)(H,45,47,49)(H,48,56,57)/t28?,32-/m1/s1. The molecule has 18 nitrogen and oxygen atoms in total. The predicted octanol–water partition coefficient (Wildman–Crippen LogP) is 3.53. The largest absolute Gasteiger partial charge is 0.495 e. The molecule has 1 unspecified atom stereocenters. The second-order valence-corrected chi connectivity index (χ2v) is 16.3. The highest BCUT2D eigenvalue weighted by Crippen LogP contribution is 2.38. The van der Waals surface area contributed by atoms with Gasteiger partial charge in [-0.3, -0.25) is 34.8 Å². The normalized spacial score (nSPS) is 20.4. The summed E-state index contributed by atoms with van der Waals surface area (Å²) in [6, 6.07) is 3.68. The van der Waals surface area contributed by atoms with Crippen LogP contribution < -0.4 is 45.5 Å². The highest BCUT2D eigenvalue weighted by molar-refractivity contribution is 6.04. The van der Waals surface area contributed by atoms with Gasteiger partial charge in [-0.25, -0.2) is 19.4 Å². The van der Waals surface area contributed by atoms with Crippen LogP contribution in [0.4, 0.5) is 38.9 Å². The number of hydrazine groups is 1. The smallest absolute Gasteiger partial charge is 0.284 e. The third-order valence-corrected chi connectivity index (χ3v) is 12.1. The Morgan fingerprint density at radius 3 is 2.33 bits per heavy atom. The molecule has 4 N–H and O–H groups in total. The highest BCUT2D eigenvalue weighted by atomic mass is 19.1. The Balaban J connectivity index is 0.864. The molecular weight excluding hydrogens is 788 g/mol. The minimum atomic E-state index is -0.644. The molecule has 328 valence electrons. The molecule has 3 aromatic rings. The van der Waals surface area contributed by atoms with Crippen molar-refractivity contribution in [3.63, 3.8) is 0 Å². The van der Waals surface area contributed by atoms with Crippen LogP contribution in [-0.4, -0.2) is 134 Å². The van der Waals surface area contributed by atoms with Crippen LogP contribution >= 0.6 is 0 Å². The monoisotopic (exact) mass is 844 g/mol. The number of carbonyl (C=O) groups is 4. The fourth-order valence-corrected chi connectivity index (χ4v) is 8.58. The maximum absolute atomic E-state index is 15.4. The second kappa shape index (κ2) is 18.8. The number of fused-ring (bicyclic) bond motifs is 1. The molecule has 4 aliphatic rings. The van der Waals surface area contributed by atoms with Crippen molar-refractivity contribution in [2.75, 3.05) is 92.4 Å². The van der Waals surface area contributed by atoms with Crippen LogP contribution in [0.5, 0.6) is 11.5 Å². The van der Waals surface area contributed by atoms with Gasteiger partial charge < -0.3 is 34.8 Å². The average Bonchev–Trinajstić information content (AvgIpc) is 3.25. The second-order valence-electron chi connectivity index (χ2n) is 16.3. The molecule has 4 aliphatic heterocycles. The molecule has 3 saturated heterocycles. The van der Waals surface area contributed by atoms with E-state index in [1.54, 1.807) is 30.3 Å². The lowest BCUT2D eigenvalue weighted by atomic mass is 9.94. The molecule has 2 atom stereocenters. The van der Waals surface area contributed by atoms with Crippen molar-refractivity contribution in [3.05, 3.63) is 42.1 Å². The summed E-state index contributed by atoms with van der Waals surface area (Å²) in [5.41, 5.74) is 5.18. The summed E-state index contributed by atoms with van der Waals surface area (Å²) < 4.78 is 26.6. The molecule has 7 rings (SSSR count). The molecule has 3 fully saturated rings. The SMILES string of the molecule is CC[C@@H]1C(=O)N(C)c2cnc(Nc3cnc(C(=O)NN4CCC(CCN5CCN(c6cc(OC)c(NC7CCC(=O)NC7=O)cc6F)CC5)CC4)cc3OC)nc2N1C(C)C. The lowest BCUT2D eigenvalue weighted by Crippen LogP contribution is -2.54. The molecule has 0 saturated carbocycles. The summed E-state index contributed by atoms with van der Waals surface area (Å²) in [5, 5.41) is 10.5.